The number of aryl methyl sites for hydroxylation is 1. The summed E-state index contributed by atoms with van der Waals surface area (Å²) in [6, 6.07) is 10.2. The Balaban J connectivity index is 1.53. The van der Waals surface area contributed by atoms with Crippen molar-refractivity contribution in [3.63, 3.8) is 0 Å². The average molecular weight is 356 g/mol. The number of benzene rings is 1. The predicted molar refractivity (Wildman–Crippen MR) is 97.4 cm³/mol. The molecule has 0 aliphatic heterocycles. The average Bonchev–Trinajstić information content (AvgIpc) is 3.32. The van der Waals surface area contributed by atoms with Crippen molar-refractivity contribution in [1.29, 1.82) is 0 Å². The van der Waals surface area contributed by atoms with Crippen LogP contribution in [0.1, 0.15) is 50.1 Å². The Morgan fingerprint density at radius 3 is 2.69 bits per heavy atom. The minimum absolute atomic E-state index is 0.0207. The normalized spacial score (nSPS) is 15.7. The molecule has 0 saturated heterocycles. The fraction of sp³-hybridized carbons (Fsp3) is 0.474. The zero-order valence-electron chi connectivity index (χ0n) is 14.7. The monoisotopic (exact) mass is 356 g/mol. The first-order chi connectivity index (χ1) is 12.6. The van der Waals surface area contributed by atoms with E-state index in [2.05, 4.69) is 22.5 Å². The number of hydrogen-bond acceptors (Lipinski definition) is 4. The Hall–Kier alpha value is -2.70. The molecule has 7 heteroatoms. The minimum Gasteiger partial charge on any atom is -0.349 e. The van der Waals surface area contributed by atoms with E-state index in [1.165, 1.54) is 29.9 Å². The van der Waals surface area contributed by atoms with Gasteiger partial charge in [-0.2, -0.15) is 5.10 Å². The van der Waals surface area contributed by atoms with E-state index in [9.17, 15) is 14.9 Å². The Labute approximate surface area is 152 Å². The van der Waals surface area contributed by atoms with Gasteiger partial charge in [0.25, 0.3) is 0 Å². The van der Waals surface area contributed by atoms with Crippen molar-refractivity contribution in [3.8, 4) is 0 Å². The summed E-state index contributed by atoms with van der Waals surface area (Å²) in [5, 5.41) is 17.8. The molecule has 0 bridgehead atoms. The fourth-order valence-corrected chi connectivity index (χ4v) is 3.64. The van der Waals surface area contributed by atoms with Crippen molar-refractivity contribution < 1.29 is 9.72 Å². The van der Waals surface area contributed by atoms with Gasteiger partial charge in [0.1, 0.15) is 12.4 Å². The Kier molecular flexibility index (Phi) is 5.99. The van der Waals surface area contributed by atoms with Crippen LogP contribution in [0.4, 0.5) is 5.69 Å². The Morgan fingerprint density at radius 2 is 2.04 bits per heavy atom. The maximum atomic E-state index is 12.4. The lowest BCUT2D eigenvalue weighted by molar-refractivity contribution is -0.385. The SMILES string of the molecule is O=C(CCCn1cc([N+](=O)[O-])cn1)NC(c1ccccc1)C1CCCC1. The van der Waals surface area contributed by atoms with Gasteiger partial charge in [-0.3, -0.25) is 19.6 Å². The first-order valence-electron chi connectivity index (χ1n) is 9.14. The second-order valence-electron chi connectivity index (χ2n) is 6.82. The molecular formula is C19H24N4O3. The summed E-state index contributed by atoms with van der Waals surface area (Å²) in [5.41, 5.74) is 1.13. The number of amides is 1. The van der Waals surface area contributed by atoms with Gasteiger partial charge in [-0.25, -0.2) is 0 Å². The zero-order valence-corrected chi connectivity index (χ0v) is 14.7. The quantitative estimate of drug-likeness (QED) is 0.578. The second-order valence-corrected chi connectivity index (χ2v) is 6.82. The van der Waals surface area contributed by atoms with Gasteiger partial charge < -0.3 is 5.32 Å². The third kappa shape index (κ3) is 4.68. The van der Waals surface area contributed by atoms with E-state index in [1.807, 2.05) is 18.2 Å². The van der Waals surface area contributed by atoms with Crippen LogP contribution in [0.25, 0.3) is 0 Å². The molecule has 0 radical (unpaired) electrons. The molecule has 7 nitrogen and oxygen atoms in total. The van der Waals surface area contributed by atoms with Crippen LogP contribution < -0.4 is 5.32 Å². The molecule has 2 aromatic rings. The lowest BCUT2D eigenvalue weighted by atomic mass is 9.91. The maximum Gasteiger partial charge on any atom is 0.306 e. The van der Waals surface area contributed by atoms with Crippen LogP contribution in [0.3, 0.4) is 0 Å². The van der Waals surface area contributed by atoms with Gasteiger partial charge in [0.05, 0.1) is 11.0 Å². The van der Waals surface area contributed by atoms with E-state index in [0.29, 0.717) is 25.3 Å². The van der Waals surface area contributed by atoms with E-state index >= 15 is 0 Å². The Bertz CT molecular complexity index is 738. The fourth-order valence-electron chi connectivity index (χ4n) is 3.64. The van der Waals surface area contributed by atoms with Crippen LogP contribution in [0.5, 0.6) is 0 Å². The van der Waals surface area contributed by atoms with E-state index in [4.69, 9.17) is 0 Å². The number of nitrogens with one attached hydrogen (secondary N) is 1. The molecule has 138 valence electrons. The number of nitrogens with zero attached hydrogens (tertiary/aromatic N) is 3. The van der Waals surface area contributed by atoms with Crippen molar-refractivity contribution in [2.75, 3.05) is 0 Å². The molecule has 1 atom stereocenters. The summed E-state index contributed by atoms with van der Waals surface area (Å²) in [5.74, 6) is 0.516. The summed E-state index contributed by atoms with van der Waals surface area (Å²) in [4.78, 5) is 22.6. The number of carbonyl (C=O) groups excluding carboxylic acids is 1. The van der Waals surface area contributed by atoms with E-state index in [1.54, 1.807) is 0 Å². The van der Waals surface area contributed by atoms with Crippen LogP contribution in [0.2, 0.25) is 0 Å². The van der Waals surface area contributed by atoms with Gasteiger partial charge in [0.15, 0.2) is 0 Å². The third-order valence-electron chi connectivity index (χ3n) is 4.97. The minimum atomic E-state index is -0.470. The topological polar surface area (TPSA) is 90.1 Å². The summed E-state index contributed by atoms with van der Waals surface area (Å²) < 4.78 is 1.51. The van der Waals surface area contributed by atoms with Gasteiger partial charge >= 0.3 is 5.69 Å². The van der Waals surface area contributed by atoms with E-state index in [0.717, 1.165) is 18.4 Å². The van der Waals surface area contributed by atoms with Crippen LogP contribution in [-0.2, 0) is 11.3 Å². The van der Waals surface area contributed by atoms with Crippen molar-refractivity contribution in [2.45, 2.75) is 51.1 Å². The molecular weight excluding hydrogens is 332 g/mol. The molecule has 0 spiro atoms. The first kappa shape index (κ1) is 18.1. The van der Waals surface area contributed by atoms with Crippen molar-refractivity contribution >= 4 is 11.6 Å². The molecule has 1 aliphatic rings. The molecule has 1 aromatic carbocycles. The van der Waals surface area contributed by atoms with Gasteiger partial charge in [-0.05, 0) is 30.7 Å². The molecule has 1 aromatic heterocycles. The third-order valence-corrected chi connectivity index (χ3v) is 4.97. The molecule has 26 heavy (non-hydrogen) atoms. The molecule has 1 heterocycles. The van der Waals surface area contributed by atoms with Crippen molar-refractivity contribution in [2.24, 2.45) is 5.92 Å². The van der Waals surface area contributed by atoms with Crippen LogP contribution >= 0.6 is 0 Å². The highest BCUT2D eigenvalue weighted by molar-refractivity contribution is 5.76. The van der Waals surface area contributed by atoms with Gasteiger partial charge in [0.2, 0.25) is 5.91 Å². The maximum absolute atomic E-state index is 12.4. The molecule has 1 amide bonds. The highest BCUT2D eigenvalue weighted by Gasteiger charge is 2.27. The summed E-state index contributed by atoms with van der Waals surface area (Å²) >= 11 is 0. The summed E-state index contributed by atoms with van der Waals surface area (Å²) in [6.07, 6.45) is 8.34. The molecule has 1 unspecified atom stereocenters. The van der Waals surface area contributed by atoms with Crippen LogP contribution in [0.15, 0.2) is 42.7 Å². The van der Waals surface area contributed by atoms with Gasteiger partial charge in [-0.1, -0.05) is 43.2 Å². The van der Waals surface area contributed by atoms with Gasteiger partial charge in [0, 0.05) is 13.0 Å². The number of aromatic nitrogens is 2. The number of hydrogen-bond donors (Lipinski definition) is 1. The number of nitro groups is 1. The second kappa shape index (κ2) is 8.60. The number of carbonyl (C=O) groups is 1. The molecule has 3 rings (SSSR count). The lowest BCUT2D eigenvalue weighted by Gasteiger charge is -2.25. The summed E-state index contributed by atoms with van der Waals surface area (Å²) in [6.45, 7) is 0.487. The van der Waals surface area contributed by atoms with E-state index < -0.39 is 4.92 Å². The van der Waals surface area contributed by atoms with Gasteiger partial charge in [-0.15, -0.1) is 0 Å². The molecule has 1 aliphatic carbocycles. The van der Waals surface area contributed by atoms with Crippen LogP contribution in [0, 0.1) is 16.0 Å². The van der Waals surface area contributed by atoms with E-state index in [-0.39, 0.29) is 17.6 Å². The molecule has 1 saturated carbocycles. The van der Waals surface area contributed by atoms with Crippen molar-refractivity contribution in [1.82, 2.24) is 15.1 Å². The van der Waals surface area contributed by atoms with Crippen LogP contribution in [-0.4, -0.2) is 20.6 Å². The smallest absolute Gasteiger partial charge is 0.306 e. The highest BCUT2D eigenvalue weighted by Crippen LogP contribution is 2.35. The number of rotatable bonds is 8. The highest BCUT2D eigenvalue weighted by atomic mass is 16.6. The largest absolute Gasteiger partial charge is 0.349 e. The first-order valence-corrected chi connectivity index (χ1v) is 9.14. The Morgan fingerprint density at radius 1 is 1.31 bits per heavy atom. The molecule has 1 fully saturated rings. The summed E-state index contributed by atoms with van der Waals surface area (Å²) in [7, 11) is 0. The zero-order chi connectivity index (χ0) is 18.4. The molecule has 1 N–H and O–H groups in total. The standard InChI is InChI=1S/C19H24N4O3/c24-18(11-6-12-22-14-17(13-20-22)23(25)26)21-19(16-9-4-5-10-16)15-7-2-1-3-8-15/h1-3,7-8,13-14,16,19H,4-6,9-12H2,(H,21,24). The lowest BCUT2D eigenvalue weighted by Crippen LogP contribution is -2.32. The predicted octanol–water partition coefficient (Wildman–Crippen LogP) is 3.62. The van der Waals surface area contributed by atoms with Crippen molar-refractivity contribution in [3.05, 3.63) is 58.4 Å².